The van der Waals surface area contributed by atoms with Crippen molar-refractivity contribution in [3.8, 4) is 6.07 Å². The molecule has 1 aliphatic heterocycles. The summed E-state index contributed by atoms with van der Waals surface area (Å²) in [5.41, 5.74) is -1.12. The minimum Gasteiger partial charge on any atom is -0.337 e. The van der Waals surface area contributed by atoms with E-state index in [1.165, 1.54) is 11.0 Å². The predicted octanol–water partition coefficient (Wildman–Crippen LogP) is 4.60. The molecule has 5 nitrogen and oxygen atoms in total. The maximum atomic E-state index is 13.4. The number of piperidine rings is 1. The summed E-state index contributed by atoms with van der Waals surface area (Å²) >= 11 is 0. The van der Waals surface area contributed by atoms with Crippen LogP contribution < -0.4 is 5.32 Å². The summed E-state index contributed by atoms with van der Waals surface area (Å²) < 4.78 is 40.1. The topological polar surface area (TPSA) is 73.2 Å². The van der Waals surface area contributed by atoms with E-state index in [1.54, 1.807) is 0 Å². The molecule has 8 heteroatoms. The van der Waals surface area contributed by atoms with Gasteiger partial charge < -0.3 is 10.2 Å². The molecular formula is C21H24F3N3O2. The zero-order valence-corrected chi connectivity index (χ0v) is 16.1. The molecule has 1 N–H and O–H groups in total. The number of likely N-dealkylation sites (tertiary alicyclic amines) is 1. The van der Waals surface area contributed by atoms with Gasteiger partial charge in [0.2, 0.25) is 5.91 Å². The van der Waals surface area contributed by atoms with Crippen molar-refractivity contribution >= 4 is 17.5 Å². The molecule has 2 fully saturated rings. The molecule has 1 unspecified atom stereocenters. The first kappa shape index (κ1) is 21.2. The number of carbonyl (C=O) groups excluding carboxylic acids is 2. The number of rotatable bonds is 3. The average Bonchev–Trinajstić information content (AvgIpc) is 2.73. The molecule has 1 atom stereocenters. The highest BCUT2D eigenvalue weighted by Gasteiger charge is 2.33. The lowest BCUT2D eigenvalue weighted by Gasteiger charge is -2.30. The smallest absolute Gasteiger partial charge is 0.337 e. The highest BCUT2D eigenvalue weighted by molar-refractivity contribution is 5.98. The maximum Gasteiger partial charge on any atom is 0.416 e. The zero-order chi connectivity index (χ0) is 21.0. The molecule has 0 bridgehead atoms. The van der Waals surface area contributed by atoms with Gasteiger partial charge in [-0.15, -0.1) is 0 Å². The van der Waals surface area contributed by atoms with Crippen molar-refractivity contribution in [3.05, 3.63) is 29.3 Å². The van der Waals surface area contributed by atoms with Gasteiger partial charge in [-0.2, -0.15) is 18.4 Å². The summed E-state index contributed by atoms with van der Waals surface area (Å²) in [6.07, 6.45) is 1.03. The molecule has 0 radical (unpaired) electrons. The van der Waals surface area contributed by atoms with E-state index < -0.39 is 17.6 Å². The van der Waals surface area contributed by atoms with Gasteiger partial charge >= 0.3 is 6.18 Å². The molecular weight excluding hydrogens is 383 g/mol. The van der Waals surface area contributed by atoms with Crippen LogP contribution in [0.3, 0.4) is 0 Å². The molecule has 0 aromatic heterocycles. The van der Waals surface area contributed by atoms with Crippen LogP contribution in [0.2, 0.25) is 0 Å². The van der Waals surface area contributed by atoms with Gasteiger partial charge in [-0.25, -0.2) is 0 Å². The molecule has 1 heterocycles. The molecule has 2 amide bonds. The quantitative estimate of drug-likeness (QED) is 0.796. The third-order valence-corrected chi connectivity index (χ3v) is 5.64. The second-order valence-corrected chi connectivity index (χ2v) is 7.84. The highest BCUT2D eigenvalue weighted by atomic mass is 19.4. The van der Waals surface area contributed by atoms with Crippen LogP contribution >= 0.6 is 0 Å². The molecule has 3 rings (SSSR count). The molecule has 1 aromatic carbocycles. The summed E-state index contributed by atoms with van der Waals surface area (Å²) in [4.78, 5) is 26.7. The Labute approximate surface area is 167 Å². The van der Waals surface area contributed by atoms with Crippen molar-refractivity contribution < 1.29 is 22.8 Å². The van der Waals surface area contributed by atoms with Gasteiger partial charge in [-0.05, 0) is 43.9 Å². The Bertz CT molecular complexity index is 810. The van der Waals surface area contributed by atoms with Crippen LogP contribution in [0.1, 0.15) is 60.9 Å². The van der Waals surface area contributed by atoms with Gasteiger partial charge in [0.05, 0.1) is 17.6 Å². The number of benzene rings is 1. The van der Waals surface area contributed by atoms with Crippen LogP contribution in [-0.4, -0.2) is 29.8 Å². The zero-order valence-electron chi connectivity index (χ0n) is 16.1. The molecule has 0 spiro atoms. The largest absolute Gasteiger partial charge is 0.416 e. The van der Waals surface area contributed by atoms with Crippen molar-refractivity contribution in [1.82, 2.24) is 4.90 Å². The number of hydrogen-bond acceptors (Lipinski definition) is 3. The number of amides is 2. The fraction of sp³-hybridized carbons (Fsp3) is 0.571. The SMILES string of the molecule is N#CC1CCCN(C(=O)c2cc(NC(=O)C3CCCCC3)cc(C(F)(F)F)c2)C1. The molecule has 1 aliphatic carbocycles. The molecule has 29 heavy (non-hydrogen) atoms. The molecule has 1 saturated heterocycles. The number of hydrogen-bond donors (Lipinski definition) is 1. The lowest BCUT2D eigenvalue weighted by Crippen LogP contribution is -2.39. The Balaban J connectivity index is 1.84. The number of carbonyl (C=O) groups is 2. The minimum absolute atomic E-state index is 0.0207. The lowest BCUT2D eigenvalue weighted by atomic mass is 9.88. The van der Waals surface area contributed by atoms with Gasteiger partial charge in [0.15, 0.2) is 0 Å². The van der Waals surface area contributed by atoms with E-state index in [4.69, 9.17) is 5.26 Å². The second kappa shape index (κ2) is 8.85. The fourth-order valence-corrected chi connectivity index (χ4v) is 4.05. The van der Waals surface area contributed by atoms with Crippen molar-refractivity contribution in [3.63, 3.8) is 0 Å². The van der Waals surface area contributed by atoms with Crippen molar-refractivity contribution in [2.24, 2.45) is 11.8 Å². The Kier molecular flexibility index (Phi) is 6.46. The number of anilines is 1. The van der Waals surface area contributed by atoms with Crippen molar-refractivity contribution in [1.29, 1.82) is 5.26 Å². The fourth-order valence-electron chi connectivity index (χ4n) is 4.05. The summed E-state index contributed by atoms with van der Waals surface area (Å²) in [6, 6.07) is 5.10. The molecule has 1 saturated carbocycles. The minimum atomic E-state index is -4.64. The Morgan fingerprint density at radius 1 is 1.07 bits per heavy atom. The normalized spacial score (nSPS) is 20.8. The van der Waals surface area contributed by atoms with E-state index in [2.05, 4.69) is 11.4 Å². The Morgan fingerprint density at radius 2 is 1.79 bits per heavy atom. The average molecular weight is 407 g/mol. The van der Waals surface area contributed by atoms with E-state index in [9.17, 15) is 22.8 Å². The van der Waals surface area contributed by atoms with Crippen LogP contribution in [0, 0.1) is 23.2 Å². The van der Waals surface area contributed by atoms with Crippen LogP contribution in [-0.2, 0) is 11.0 Å². The maximum absolute atomic E-state index is 13.4. The van der Waals surface area contributed by atoms with Crippen LogP contribution in [0.25, 0.3) is 0 Å². The number of nitrogens with one attached hydrogen (secondary N) is 1. The van der Waals surface area contributed by atoms with Crippen LogP contribution in [0.4, 0.5) is 18.9 Å². The third kappa shape index (κ3) is 5.28. The first-order valence-electron chi connectivity index (χ1n) is 10.00. The van der Waals surface area contributed by atoms with E-state index >= 15 is 0 Å². The monoisotopic (exact) mass is 407 g/mol. The molecule has 156 valence electrons. The summed E-state index contributed by atoms with van der Waals surface area (Å²) in [6.45, 7) is 0.604. The van der Waals surface area contributed by atoms with Gasteiger partial charge in [0, 0.05) is 30.3 Å². The predicted molar refractivity (Wildman–Crippen MR) is 101 cm³/mol. The standard InChI is InChI=1S/C21H24F3N3O2/c22-21(23,24)17-9-16(20(29)27-8-4-5-14(12-25)13-27)10-18(11-17)26-19(28)15-6-2-1-3-7-15/h9-11,14-15H,1-8,13H2,(H,26,28). The third-order valence-electron chi connectivity index (χ3n) is 5.64. The Morgan fingerprint density at radius 3 is 2.45 bits per heavy atom. The van der Waals surface area contributed by atoms with Crippen LogP contribution in [0.15, 0.2) is 18.2 Å². The van der Waals surface area contributed by atoms with Crippen molar-refractivity contribution in [2.75, 3.05) is 18.4 Å². The number of alkyl halides is 3. The van der Waals surface area contributed by atoms with Crippen LogP contribution in [0.5, 0.6) is 0 Å². The summed E-state index contributed by atoms with van der Waals surface area (Å²) in [5.74, 6) is -1.38. The first-order valence-corrected chi connectivity index (χ1v) is 10.00. The second-order valence-electron chi connectivity index (χ2n) is 7.84. The van der Waals surface area contributed by atoms with Crippen molar-refractivity contribution in [2.45, 2.75) is 51.1 Å². The van der Waals surface area contributed by atoms with Gasteiger partial charge in [-0.1, -0.05) is 19.3 Å². The Hall–Kier alpha value is -2.56. The molecule has 1 aromatic rings. The summed E-state index contributed by atoms with van der Waals surface area (Å²) in [7, 11) is 0. The summed E-state index contributed by atoms with van der Waals surface area (Å²) in [5, 5.41) is 11.7. The lowest BCUT2D eigenvalue weighted by molar-refractivity contribution is -0.137. The first-order chi connectivity index (χ1) is 13.8. The highest BCUT2D eigenvalue weighted by Crippen LogP contribution is 2.33. The van der Waals surface area contributed by atoms with E-state index in [-0.39, 0.29) is 35.5 Å². The van der Waals surface area contributed by atoms with Gasteiger partial charge in [0.25, 0.3) is 5.91 Å². The molecule has 2 aliphatic rings. The van der Waals surface area contributed by atoms with Gasteiger partial charge in [0.1, 0.15) is 0 Å². The number of nitriles is 1. The van der Waals surface area contributed by atoms with E-state index in [0.29, 0.717) is 19.4 Å². The number of nitrogens with zero attached hydrogens (tertiary/aromatic N) is 2. The van der Waals surface area contributed by atoms with E-state index in [1.807, 2.05) is 0 Å². The number of halogens is 3. The van der Waals surface area contributed by atoms with Gasteiger partial charge in [-0.3, -0.25) is 9.59 Å². The van der Waals surface area contributed by atoms with E-state index in [0.717, 1.165) is 44.2 Å².